The fourth-order valence-electron chi connectivity index (χ4n) is 2.38. The van der Waals surface area contributed by atoms with Gasteiger partial charge in [0.15, 0.2) is 5.96 Å². The van der Waals surface area contributed by atoms with Crippen LogP contribution >= 0.6 is 35.6 Å². The largest absolute Gasteiger partial charge is 0.379 e. The molecule has 0 unspecified atom stereocenters. The Morgan fingerprint density at radius 2 is 2.13 bits per heavy atom. The summed E-state index contributed by atoms with van der Waals surface area (Å²) in [6.07, 6.45) is 1.05. The maximum absolute atomic E-state index is 6.01. The molecule has 0 radical (unpaired) electrons. The predicted octanol–water partition coefficient (Wildman–Crippen LogP) is 2.39. The van der Waals surface area contributed by atoms with E-state index in [9.17, 15) is 0 Å². The van der Waals surface area contributed by atoms with Gasteiger partial charge in [-0.15, -0.1) is 24.0 Å². The van der Waals surface area contributed by atoms with E-state index in [-0.39, 0.29) is 24.0 Å². The Hall–Kier alpha value is -0.570. The van der Waals surface area contributed by atoms with E-state index in [1.54, 1.807) is 0 Å². The molecule has 1 aromatic rings. The molecule has 0 aliphatic carbocycles. The molecular weight excluding hydrogens is 427 g/mol. The highest BCUT2D eigenvalue weighted by atomic mass is 127. The van der Waals surface area contributed by atoms with Crippen molar-refractivity contribution in [2.24, 2.45) is 10.7 Å². The Morgan fingerprint density at radius 1 is 1.39 bits per heavy atom. The highest BCUT2D eigenvalue weighted by Gasteiger charge is 2.08. The maximum Gasteiger partial charge on any atom is 0.188 e. The summed E-state index contributed by atoms with van der Waals surface area (Å²) in [4.78, 5) is 6.77. The molecule has 3 N–H and O–H groups in total. The number of nitrogens with one attached hydrogen (secondary N) is 1. The maximum atomic E-state index is 6.01. The fraction of sp³-hybridized carbons (Fsp3) is 0.562. The van der Waals surface area contributed by atoms with Gasteiger partial charge < -0.3 is 15.8 Å². The number of ether oxygens (including phenoxy) is 1. The molecule has 0 bridgehead atoms. The molecule has 130 valence electrons. The number of halogens is 2. The van der Waals surface area contributed by atoms with Gasteiger partial charge in [-0.1, -0.05) is 23.7 Å². The van der Waals surface area contributed by atoms with E-state index >= 15 is 0 Å². The quantitative estimate of drug-likeness (QED) is 0.301. The number of aliphatic imine (C=N–C) groups is 1. The van der Waals surface area contributed by atoms with Crippen LogP contribution in [0, 0.1) is 6.92 Å². The first kappa shape index (κ1) is 20.5. The zero-order valence-corrected chi connectivity index (χ0v) is 16.6. The summed E-state index contributed by atoms with van der Waals surface area (Å²) >= 11 is 6.01. The summed E-state index contributed by atoms with van der Waals surface area (Å²) < 4.78 is 5.33. The van der Waals surface area contributed by atoms with Gasteiger partial charge in [-0.05, 0) is 37.1 Å². The van der Waals surface area contributed by atoms with E-state index in [2.05, 4.69) is 15.2 Å². The molecule has 1 aromatic carbocycles. The van der Waals surface area contributed by atoms with Crippen molar-refractivity contribution in [1.29, 1.82) is 0 Å². The third kappa shape index (κ3) is 7.69. The van der Waals surface area contributed by atoms with Crippen molar-refractivity contribution in [2.45, 2.75) is 19.9 Å². The third-order valence-electron chi connectivity index (χ3n) is 3.72. The van der Waals surface area contributed by atoms with Crippen molar-refractivity contribution in [2.75, 3.05) is 39.4 Å². The highest BCUT2D eigenvalue weighted by molar-refractivity contribution is 14.0. The first-order valence-corrected chi connectivity index (χ1v) is 8.12. The summed E-state index contributed by atoms with van der Waals surface area (Å²) in [5.41, 5.74) is 8.06. The van der Waals surface area contributed by atoms with Gasteiger partial charge in [-0.3, -0.25) is 4.90 Å². The molecule has 0 amide bonds. The lowest BCUT2D eigenvalue weighted by atomic mass is 10.1. The Morgan fingerprint density at radius 3 is 2.83 bits per heavy atom. The predicted molar refractivity (Wildman–Crippen MR) is 107 cm³/mol. The van der Waals surface area contributed by atoms with Gasteiger partial charge in [-0.25, -0.2) is 4.99 Å². The van der Waals surface area contributed by atoms with Gasteiger partial charge in [0.25, 0.3) is 0 Å². The van der Waals surface area contributed by atoms with E-state index in [0.29, 0.717) is 12.5 Å². The van der Waals surface area contributed by atoms with Gasteiger partial charge in [0.1, 0.15) is 0 Å². The number of hydrogen-bond donors (Lipinski definition) is 2. The number of nitrogens with zero attached hydrogens (tertiary/aromatic N) is 2. The summed E-state index contributed by atoms with van der Waals surface area (Å²) in [7, 11) is 0. The van der Waals surface area contributed by atoms with E-state index in [1.165, 1.54) is 0 Å². The molecule has 1 heterocycles. The Kier molecular flexibility index (Phi) is 9.85. The summed E-state index contributed by atoms with van der Waals surface area (Å²) in [5, 5.41) is 3.94. The summed E-state index contributed by atoms with van der Waals surface area (Å²) in [5.74, 6) is 0.495. The van der Waals surface area contributed by atoms with Crippen LogP contribution < -0.4 is 11.1 Å². The van der Waals surface area contributed by atoms with Crippen LogP contribution in [0.5, 0.6) is 0 Å². The van der Waals surface area contributed by atoms with Crippen LogP contribution in [0.25, 0.3) is 0 Å². The second-order valence-corrected chi connectivity index (χ2v) is 5.93. The van der Waals surface area contributed by atoms with E-state index in [4.69, 9.17) is 22.1 Å². The van der Waals surface area contributed by atoms with Gasteiger partial charge in [0.2, 0.25) is 0 Å². The Labute approximate surface area is 160 Å². The fourth-order valence-corrected chi connectivity index (χ4v) is 2.50. The first-order chi connectivity index (χ1) is 10.6. The number of nitrogens with two attached hydrogens (primary N) is 1. The molecule has 0 saturated carbocycles. The molecule has 1 fully saturated rings. The normalized spacial score (nSPS) is 16.0. The van der Waals surface area contributed by atoms with Crippen molar-refractivity contribution in [3.8, 4) is 0 Å². The van der Waals surface area contributed by atoms with Crippen LogP contribution in [-0.4, -0.2) is 50.3 Å². The Balaban J connectivity index is 0.00000264. The molecule has 2 rings (SSSR count). The highest BCUT2D eigenvalue weighted by Crippen LogP contribution is 2.16. The van der Waals surface area contributed by atoms with E-state index in [0.717, 1.165) is 62.0 Å². The SMILES string of the molecule is Cc1cc(CN=C(N)NCCCN2CCOCC2)ccc1Cl.I. The van der Waals surface area contributed by atoms with Crippen LogP contribution in [0.3, 0.4) is 0 Å². The van der Waals surface area contributed by atoms with Crippen molar-refractivity contribution >= 4 is 41.5 Å². The molecule has 1 aliphatic heterocycles. The molecule has 5 nitrogen and oxygen atoms in total. The van der Waals surface area contributed by atoms with E-state index < -0.39 is 0 Å². The molecule has 0 atom stereocenters. The van der Waals surface area contributed by atoms with Crippen LogP contribution in [0.1, 0.15) is 17.5 Å². The van der Waals surface area contributed by atoms with Gasteiger partial charge in [0, 0.05) is 24.7 Å². The first-order valence-electron chi connectivity index (χ1n) is 7.74. The van der Waals surface area contributed by atoms with Crippen molar-refractivity contribution < 1.29 is 4.74 Å². The minimum Gasteiger partial charge on any atom is -0.379 e. The lowest BCUT2D eigenvalue weighted by Crippen LogP contribution is -2.39. The Bertz CT molecular complexity index is 507. The number of aryl methyl sites for hydroxylation is 1. The smallest absolute Gasteiger partial charge is 0.188 e. The second kappa shape index (κ2) is 11.1. The number of guanidine groups is 1. The topological polar surface area (TPSA) is 62.9 Å². The molecular formula is C16H26ClIN4O. The lowest BCUT2D eigenvalue weighted by Gasteiger charge is -2.26. The minimum atomic E-state index is 0. The molecule has 23 heavy (non-hydrogen) atoms. The van der Waals surface area contributed by atoms with Gasteiger partial charge in [-0.2, -0.15) is 0 Å². The molecule has 7 heteroatoms. The molecule has 1 saturated heterocycles. The molecule has 0 aromatic heterocycles. The van der Waals surface area contributed by atoms with Crippen LogP contribution in [-0.2, 0) is 11.3 Å². The monoisotopic (exact) mass is 452 g/mol. The lowest BCUT2D eigenvalue weighted by molar-refractivity contribution is 0.0376. The zero-order chi connectivity index (χ0) is 15.8. The van der Waals surface area contributed by atoms with Gasteiger partial charge >= 0.3 is 0 Å². The summed E-state index contributed by atoms with van der Waals surface area (Å²) in [6.45, 7) is 8.21. The van der Waals surface area contributed by atoms with E-state index in [1.807, 2.05) is 25.1 Å². The van der Waals surface area contributed by atoms with Crippen molar-refractivity contribution in [3.05, 3.63) is 34.3 Å². The zero-order valence-electron chi connectivity index (χ0n) is 13.6. The van der Waals surface area contributed by atoms with Crippen LogP contribution in [0.15, 0.2) is 23.2 Å². The summed E-state index contributed by atoms with van der Waals surface area (Å²) in [6, 6.07) is 5.91. The number of benzene rings is 1. The molecule has 0 spiro atoms. The van der Waals surface area contributed by atoms with Crippen molar-refractivity contribution in [3.63, 3.8) is 0 Å². The third-order valence-corrected chi connectivity index (χ3v) is 4.14. The minimum absolute atomic E-state index is 0. The number of hydrogen-bond acceptors (Lipinski definition) is 3. The molecule has 1 aliphatic rings. The van der Waals surface area contributed by atoms with Crippen molar-refractivity contribution in [1.82, 2.24) is 10.2 Å². The van der Waals surface area contributed by atoms with Crippen LogP contribution in [0.4, 0.5) is 0 Å². The second-order valence-electron chi connectivity index (χ2n) is 5.52. The average Bonchev–Trinajstić information content (AvgIpc) is 2.54. The van der Waals surface area contributed by atoms with Gasteiger partial charge in [0.05, 0.1) is 19.8 Å². The number of rotatable bonds is 6. The average molecular weight is 453 g/mol. The standard InChI is InChI=1S/C16H25ClN4O.HI/c1-13-11-14(3-4-15(13)17)12-20-16(18)19-5-2-6-21-7-9-22-10-8-21;/h3-4,11H,2,5-10,12H2,1H3,(H3,18,19,20);1H. The number of morpholine rings is 1. The van der Waals surface area contributed by atoms with Crippen LogP contribution in [0.2, 0.25) is 5.02 Å².